The first-order valence-electron chi connectivity index (χ1n) is 3.44. The van der Waals surface area contributed by atoms with Gasteiger partial charge in [-0.3, -0.25) is 0 Å². The number of rotatable bonds is 1. The normalized spacial score (nSPS) is 12.1. The van der Waals surface area contributed by atoms with Crippen LogP contribution < -0.4 is 0 Å². The van der Waals surface area contributed by atoms with Crippen LogP contribution in [0.3, 0.4) is 0 Å². The molecule has 3 nitrogen and oxygen atoms in total. The van der Waals surface area contributed by atoms with Crippen molar-refractivity contribution in [2.45, 2.75) is 24.2 Å². The SMILES string of the molecule is CCn1nnc(C(Cl)(Cl)Cl)c1C. The van der Waals surface area contributed by atoms with E-state index in [1.807, 2.05) is 13.8 Å². The van der Waals surface area contributed by atoms with E-state index >= 15 is 0 Å². The fourth-order valence-electron chi connectivity index (χ4n) is 0.923. The highest BCUT2D eigenvalue weighted by Gasteiger charge is 2.29. The Morgan fingerprint density at radius 3 is 2.25 bits per heavy atom. The summed E-state index contributed by atoms with van der Waals surface area (Å²) in [5.74, 6) is 0. The third-order valence-electron chi connectivity index (χ3n) is 1.55. The maximum absolute atomic E-state index is 5.65. The van der Waals surface area contributed by atoms with Crippen LogP contribution >= 0.6 is 34.8 Å². The fourth-order valence-corrected chi connectivity index (χ4v) is 1.45. The Morgan fingerprint density at radius 1 is 1.42 bits per heavy atom. The number of hydrogen-bond acceptors (Lipinski definition) is 2. The second-order valence-electron chi connectivity index (χ2n) is 2.34. The lowest BCUT2D eigenvalue weighted by molar-refractivity contribution is 0.611. The van der Waals surface area contributed by atoms with E-state index in [2.05, 4.69) is 10.3 Å². The van der Waals surface area contributed by atoms with E-state index in [4.69, 9.17) is 34.8 Å². The lowest BCUT2D eigenvalue weighted by Gasteiger charge is -2.07. The lowest BCUT2D eigenvalue weighted by atomic mass is 10.4. The van der Waals surface area contributed by atoms with E-state index in [1.165, 1.54) is 0 Å². The average Bonchev–Trinajstić information content (AvgIpc) is 2.29. The van der Waals surface area contributed by atoms with Crippen LogP contribution in [0.4, 0.5) is 0 Å². The molecule has 0 radical (unpaired) electrons. The summed E-state index contributed by atoms with van der Waals surface area (Å²) in [7, 11) is 0. The van der Waals surface area contributed by atoms with Crippen LogP contribution in [-0.4, -0.2) is 15.0 Å². The van der Waals surface area contributed by atoms with Gasteiger partial charge in [-0.25, -0.2) is 4.68 Å². The average molecular weight is 229 g/mol. The molecule has 1 heterocycles. The van der Waals surface area contributed by atoms with E-state index in [1.54, 1.807) is 4.68 Å². The van der Waals surface area contributed by atoms with Gasteiger partial charge in [-0.2, -0.15) is 0 Å². The molecule has 0 spiro atoms. The number of aryl methyl sites for hydroxylation is 1. The summed E-state index contributed by atoms with van der Waals surface area (Å²) in [5, 5.41) is 7.59. The maximum atomic E-state index is 5.65. The molecule has 0 amide bonds. The molecule has 1 rings (SSSR count). The molecule has 0 aliphatic rings. The molecular formula is C6H8Cl3N3. The summed E-state index contributed by atoms with van der Waals surface area (Å²) in [5.41, 5.74) is 1.19. The van der Waals surface area contributed by atoms with Gasteiger partial charge in [0.05, 0.1) is 5.69 Å². The molecule has 6 heteroatoms. The number of halogens is 3. The summed E-state index contributed by atoms with van der Waals surface area (Å²) in [6, 6.07) is 0. The molecule has 0 unspecified atom stereocenters. The molecule has 0 saturated carbocycles. The second kappa shape index (κ2) is 3.40. The third kappa shape index (κ3) is 1.84. The second-order valence-corrected chi connectivity index (χ2v) is 4.62. The van der Waals surface area contributed by atoms with E-state index in [0.717, 1.165) is 12.2 Å². The molecule has 0 bridgehead atoms. The molecule has 1 aromatic rings. The quantitative estimate of drug-likeness (QED) is 0.691. The molecule has 0 atom stereocenters. The standard InChI is InChI=1S/C6H8Cl3N3/c1-3-12-4(2)5(10-11-12)6(7,8)9/h3H2,1-2H3. The minimum atomic E-state index is -1.47. The van der Waals surface area contributed by atoms with Gasteiger partial charge in [-0.15, -0.1) is 5.10 Å². The van der Waals surface area contributed by atoms with E-state index < -0.39 is 3.79 Å². The van der Waals surface area contributed by atoms with E-state index in [-0.39, 0.29) is 0 Å². The molecule has 68 valence electrons. The van der Waals surface area contributed by atoms with Crippen molar-refractivity contribution in [3.8, 4) is 0 Å². The van der Waals surface area contributed by atoms with Gasteiger partial charge in [0, 0.05) is 6.54 Å². The number of nitrogens with zero attached hydrogens (tertiary/aromatic N) is 3. The van der Waals surface area contributed by atoms with Gasteiger partial charge in [0.25, 0.3) is 0 Å². The zero-order valence-corrected chi connectivity index (χ0v) is 8.95. The predicted molar refractivity (Wildman–Crippen MR) is 49.7 cm³/mol. The molecule has 0 aromatic carbocycles. The maximum Gasteiger partial charge on any atom is 0.236 e. The van der Waals surface area contributed by atoms with Crippen LogP contribution in [0.2, 0.25) is 0 Å². The first-order valence-corrected chi connectivity index (χ1v) is 4.57. The third-order valence-corrected chi connectivity index (χ3v) is 2.09. The van der Waals surface area contributed by atoms with Crippen molar-refractivity contribution in [1.82, 2.24) is 15.0 Å². The summed E-state index contributed by atoms with van der Waals surface area (Å²) >= 11 is 16.9. The van der Waals surface area contributed by atoms with Crippen LogP contribution in [-0.2, 0) is 10.3 Å². The Bertz CT molecular complexity index is 276. The Morgan fingerprint density at radius 2 is 2.00 bits per heavy atom. The smallest absolute Gasteiger partial charge is 0.236 e. The van der Waals surface area contributed by atoms with Crippen molar-refractivity contribution in [1.29, 1.82) is 0 Å². The van der Waals surface area contributed by atoms with Crippen LogP contribution in [0.1, 0.15) is 18.3 Å². The first kappa shape index (κ1) is 10.1. The summed E-state index contributed by atoms with van der Waals surface area (Å²) in [6.07, 6.45) is 0. The largest absolute Gasteiger partial charge is 0.250 e. The van der Waals surface area contributed by atoms with Crippen molar-refractivity contribution in [2.24, 2.45) is 0 Å². The highest BCUT2D eigenvalue weighted by molar-refractivity contribution is 6.66. The van der Waals surface area contributed by atoms with Crippen molar-refractivity contribution in [3.05, 3.63) is 11.4 Å². The van der Waals surface area contributed by atoms with E-state index in [0.29, 0.717) is 5.69 Å². The molecule has 0 aliphatic carbocycles. The zero-order valence-electron chi connectivity index (χ0n) is 6.68. The van der Waals surface area contributed by atoms with Crippen molar-refractivity contribution in [2.75, 3.05) is 0 Å². The number of alkyl halides is 3. The van der Waals surface area contributed by atoms with Crippen molar-refractivity contribution < 1.29 is 0 Å². The van der Waals surface area contributed by atoms with Crippen LogP contribution in [0, 0.1) is 6.92 Å². The summed E-state index contributed by atoms with van der Waals surface area (Å²) in [4.78, 5) is 0. The molecule has 0 N–H and O–H groups in total. The Hall–Kier alpha value is 0.01000. The molecule has 1 aromatic heterocycles. The minimum Gasteiger partial charge on any atom is -0.250 e. The molecule has 0 aliphatic heterocycles. The zero-order chi connectivity index (χ0) is 9.35. The molecule has 0 saturated heterocycles. The van der Waals surface area contributed by atoms with Crippen LogP contribution in [0.15, 0.2) is 0 Å². The van der Waals surface area contributed by atoms with Gasteiger partial charge in [0.1, 0.15) is 5.69 Å². The summed E-state index contributed by atoms with van der Waals surface area (Å²) in [6.45, 7) is 4.49. The lowest BCUT2D eigenvalue weighted by Crippen LogP contribution is -2.05. The molecule has 0 fully saturated rings. The monoisotopic (exact) mass is 227 g/mol. The highest BCUT2D eigenvalue weighted by atomic mass is 35.6. The first-order chi connectivity index (χ1) is 5.46. The molecule has 12 heavy (non-hydrogen) atoms. The Labute approximate surface area is 85.6 Å². The Kier molecular flexibility index (Phi) is 2.86. The summed E-state index contributed by atoms with van der Waals surface area (Å²) < 4.78 is 0.203. The fraction of sp³-hybridized carbons (Fsp3) is 0.667. The molecular weight excluding hydrogens is 220 g/mol. The van der Waals surface area contributed by atoms with Gasteiger partial charge < -0.3 is 0 Å². The topological polar surface area (TPSA) is 30.7 Å². The van der Waals surface area contributed by atoms with E-state index in [9.17, 15) is 0 Å². The highest BCUT2D eigenvalue weighted by Crippen LogP contribution is 2.38. The minimum absolute atomic E-state index is 0.398. The van der Waals surface area contributed by atoms with Gasteiger partial charge in [0.2, 0.25) is 3.79 Å². The van der Waals surface area contributed by atoms with Crippen LogP contribution in [0.5, 0.6) is 0 Å². The van der Waals surface area contributed by atoms with Gasteiger partial charge in [-0.1, -0.05) is 40.0 Å². The number of hydrogen-bond donors (Lipinski definition) is 0. The van der Waals surface area contributed by atoms with Gasteiger partial charge in [0.15, 0.2) is 0 Å². The van der Waals surface area contributed by atoms with Crippen LogP contribution in [0.25, 0.3) is 0 Å². The Balaban J connectivity index is 3.11. The predicted octanol–water partition coefficient (Wildman–Crippen LogP) is 2.43. The van der Waals surface area contributed by atoms with Gasteiger partial charge in [-0.05, 0) is 13.8 Å². The van der Waals surface area contributed by atoms with Crippen molar-refractivity contribution >= 4 is 34.8 Å². The number of aromatic nitrogens is 3. The van der Waals surface area contributed by atoms with Crippen molar-refractivity contribution in [3.63, 3.8) is 0 Å². The van der Waals surface area contributed by atoms with Gasteiger partial charge >= 0.3 is 0 Å².